The normalized spacial score (nSPS) is 42.9. The van der Waals surface area contributed by atoms with Crippen LogP contribution in [0, 0.1) is 11.8 Å². The van der Waals surface area contributed by atoms with Crippen LogP contribution in [0.4, 0.5) is 0 Å². The molecule has 1 heteroatoms. The highest BCUT2D eigenvalue weighted by Crippen LogP contribution is 2.47. The van der Waals surface area contributed by atoms with Crippen LogP contribution >= 0.6 is 0 Å². The van der Waals surface area contributed by atoms with E-state index in [4.69, 9.17) is 0 Å². The zero-order chi connectivity index (χ0) is 13.9. The Morgan fingerprint density at radius 1 is 0.789 bits per heavy atom. The first-order valence-electron chi connectivity index (χ1n) is 8.95. The maximum atomic E-state index is 4.31. The Kier molecular flexibility index (Phi) is 4.98. The molecular formula is C18H35N. The van der Waals surface area contributed by atoms with Crippen molar-refractivity contribution in [2.24, 2.45) is 11.8 Å². The van der Waals surface area contributed by atoms with Crippen molar-refractivity contribution >= 4 is 0 Å². The van der Waals surface area contributed by atoms with Gasteiger partial charge in [-0.25, -0.2) is 0 Å². The van der Waals surface area contributed by atoms with Gasteiger partial charge >= 0.3 is 0 Å². The average Bonchev–Trinajstić information content (AvgIpc) is 3.03. The number of hydrogen-bond acceptors (Lipinski definition) is 1. The van der Waals surface area contributed by atoms with Gasteiger partial charge in [0, 0.05) is 11.1 Å². The summed E-state index contributed by atoms with van der Waals surface area (Å²) in [5.41, 5.74) is 0.922. The van der Waals surface area contributed by atoms with E-state index in [0.29, 0.717) is 11.1 Å². The van der Waals surface area contributed by atoms with Crippen molar-refractivity contribution in [1.82, 2.24) is 5.32 Å². The highest BCUT2D eigenvalue weighted by atomic mass is 15.1. The molecule has 0 radical (unpaired) electrons. The lowest BCUT2D eigenvalue weighted by Crippen LogP contribution is -2.60. The highest BCUT2D eigenvalue weighted by Gasteiger charge is 2.49. The van der Waals surface area contributed by atoms with Crippen LogP contribution in [0.3, 0.4) is 0 Å². The second-order valence-corrected chi connectivity index (χ2v) is 7.14. The van der Waals surface area contributed by atoms with Gasteiger partial charge in [-0.1, -0.05) is 53.4 Å². The summed E-state index contributed by atoms with van der Waals surface area (Å²) in [4.78, 5) is 0. The molecule has 0 amide bonds. The second kappa shape index (κ2) is 6.16. The van der Waals surface area contributed by atoms with E-state index in [9.17, 15) is 0 Å². The molecular weight excluding hydrogens is 230 g/mol. The molecule has 0 saturated heterocycles. The fraction of sp³-hybridized carbons (Fsp3) is 1.00. The van der Waals surface area contributed by atoms with Gasteiger partial charge in [-0.05, 0) is 50.4 Å². The fourth-order valence-corrected chi connectivity index (χ4v) is 5.41. The monoisotopic (exact) mass is 265 g/mol. The van der Waals surface area contributed by atoms with E-state index >= 15 is 0 Å². The first kappa shape index (κ1) is 15.4. The Morgan fingerprint density at radius 2 is 1.21 bits per heavy atom. The van der Waals surface area contributed by atoms with E-state index in [2.05, 4.69) is 33.0 Å². The minimum atomic E-state index is 0.461. The van der Waals surface area contributed by atoms with Gasteiger partial charge in [-0.15, -0.1) is 0 Å². The van der Waals surface area contributed by atoms with Crippen molar-refractivity contribution in [3.63, 3.8) is 0 Å². The molecule has 2 aliphatic rings. The first-order valence-corrected chi connectivity index (χ1v) is 8.95. The molecule has 2 saturated carbocycles. The molecule has 0 aromatic carbocycles. The molecule has 2 fully saturated rings. The van der Waals surface area contributed by atoms with Crippen LogP contribution in [0.25, 0.3) is 0 Å². The molecule has 19 heavy (non-hydrogen) atoms. The van der Waals surface area contributed by atoms with Crippen molar-refractivity contribution in [1.29, 1.82) is 0 Å². The number of hydrogen-bond donors (Lipinski definition) is 1. The zero-order valence-corrected chi connectivity index (χ0v) is 13.7. The van der Waals surface area contributed by atoms with Gasteiger partial charge in [0.1, 0.15) is 0 Å². The van der Waals surface area contributed by atoms with Crippen LogP contribution < -0.4 is 5.32 Å². The van der Waals surface area contributed by atoms with Crippen LogP contribution in [-0.2, 0) is 0 Å². The van der Waals surface area contributed by atoms with Gasteiger partial charge in [-0.2, -0.15) is 0 Å². The predicted molar refractivity (Wildman–Crippen MR) is 84.4 cm³/mol. The molecule has 112 valence electrons. The van der Waals surface area contributed by atoms with E-state index in [-0.39, 0.29) is 0 Å². The molecule has 1 nitrogen and oxygen atoms in total. The first-order chi connectivity index (χ1) is 9.16. The van der Waals surface area contributed by atoms with Gasteiger partial charge in [0.25, 0.3) is 0 Å². The average molecular weight is 265 g/mol. The van der Waals surface area contributed by atoms with Crippen molar-refractivity contribution in [2.75, 3.05) is 0 Å². The molecule has 4 unspecified atom stereocenters. The molecule has 0 bridgehead atoms. The summed E-state index contributed by atoms with van der Waals surface area (Å²) in [5, 5.41) is 4.31. The predicted octanol–water partition coefficient (Wildman–Crippen LogP) is 5.29. The standard InChI is InChI=1S/C18H35N/c1-5-15-11-9-13-17(15,7-3)19-18(8-4)14-10-12-16(18)6-2/h15-16,19H,5-14H2,1-4H3. The van der Waals surface area contributed by atoms with Gasteiger partial charge in [0.2, 0.25) is 0 Å². The van der Waals surface area contributed by atoms with Crippen molar-refractivity contribution in [2.45, 2.75) is 103 Å². The topological polar surface area (TPSA) is 12.0 Å². The van der Waals surface area contributed by atoms with Crippen molar-refractivity contribution in [3.05, 3.63) is 0 Å². The second-order valence-electron chi connectivity index (χ2n) is 7.14. The molecule has 0 heterocycles. The summed E-state index contributed by atoms with van der Waals surface area (Å²) in [5.74, 6) is 1.83. The maximum absolute atomic E-state index is 4.31. The Hall–Kier alpha value is -0.0400. The summed E-state index contributed by atoms with van der Waals surface area (Å²) >= 11 is 0. The Balaban J connectivity index is 2.20. The summed E-state index contributed by atoms with van der Waals surface area (Å²) < 4.78 is 0. The van der Waals surface area contributed by atoms with Gasteiger partial charge < -0.3 is 5.32 Å². The van der Waals surface area contributed by atoms with Gasteiger partial charge in [-0.3, -0.25) is 0 Å². The summed E-state index contributed by atoms with van der Waals surface area (Å²) in [6.07, 6.45) is 14.0. The molecule has 2 aliphatic carbocycles. The third-order valence-corrected chi connectivity index (χ3v) is 6.66. The van der Waals surface area contributed by atoms with Gasteiger partial charge in [0.15, 0.2) is 0 Å². The Morgan fingerprint density at radius 3 is 1.53 bits per heavy atom. The zero-order valence-electron chi connectivity index (χ0n) is 13.7. The minimum absolute atomic E-state index is 0.461. The molecule has 0 aromatic heterocycles. The molecule has 4 atom stereocenters. The maximum Gasteiger partial charge on any atom is 0.0212 e. The lowest BCUT2D eigenvalue weighted by molar-refractivity contribution is 0.112. The Bertz CT molecular complexity index is 259. The lowest BCUT2D eigenvalue weighted by Gasteiger charge is -2.47. The molecule has 2 rings (SSSR count). The number of nitrogens with one attached hydrogen (secondary N) is 1. The van der Waals surface area contributed by atoms with Crippen molar-refractivity contribution in [3.8, 4) is 0 Å². The van der Waals surface area contributed by atoms with Crippen LogP contribution in [0.1, 0.15) is 91.9 Å². The summed E-state index contributed by atoms with van der Waals surface area (Å²) in [6, 6.07) is 0. The van der Waals surface area contributed by atoms with Crippen LogP contribution in [0.15, 0.2) is 0 Å². The van der Waals surface area contributed by atoms with Crippen LogP contribution in [-0.4, -0.2) is 11.1 Å². The van der Waals surface area contributed by atoms with Crippen LogP contribution in [0.2, 0.25) is 0 Å². The summed E-state index contributed by atoms with van der Waals surface area (Å²) in [7, 11) is 0. The van der Waals surface area contributed by atoms with E-state index in [1.165, 1.54) is 64.2 Å². The quantitative estimate of drug-likeness (QED) is 0.687. The molecule has 0 aliphatic heterocycles. The fourth-order valence-electron chi connectivity index (χ4n) is 5.41. The smallest absolute Gasteiger partial charge is 0.0212 e. The minimum Gasteiger partial charge on any atom is -0.305 e. The largest absolute Gasteiger partial charge is 0.305 e. The lowest BCUT2D eigenvalue weighted by atomic mass is 9.75. The molecule has 0 aromatic rings. The van der Waals surface area contributed by atoms with E-state index in [1.54, 1.807) is 0 Å². The molecule has 0 spiro atoms. The molecule has 1 N–H and O–H groups in total. The van der Waals surface area contributed by atoms with E-state index in [1.807, 2.05) is 0 Å². The van der Waals surface area contributed by atoms with Gasteiger partial charge in [0.05, 0.1) is 0 Å². The Labute approximate surface area is 120 Å². The van der Waals surface area contributed by atoms with E-state index < -0.39 is 0 Å². The van der Waals surface area contributed by atoms with E-state index in [0.717, 1.165) is 11.8 Å². The third-order valence-electron chi connectivity index (χ3n) is 6.66. The van der Waals surface area contributed by atoms with Crippen LogP contribution in [0.5, 0.6) is 0 Å². The third kappa shape index (κ3) is 2.60. The highest BCUT2D eigenvalue weighted by molar-refractivity contribution is 5.07. The SMILES string of the molecule is CCC1CCCC1(CC)NC1(CC)CCCC1CC. The summed E-state index contributed by atoms with van der Waals surface area (Å²) in [6.45, 7) is 9.62. The number of rotatable bonds is 6. The van der Waals surface area contributed by atoms with Crippen molar-refractivity contribution < 1.29 is 0 Å².